The summed E-state index contributed by atoms with van der Waals surface area (Å²) >= 11 is 0. The van der Waals surface area contributed by atoms with Crippen LogP contribution in [0.25, 0.3) is 6.08 Å². The summed E-state index contributed by atoms with van der Waals surface area (Å²) in [4.78, 5) is 35.9. The minimum absolute atomic E-state index is 0.0432. The van der Waals surface area contributed by atoms with Crippen LogP contribution in [0.3, 0.4) is 0 Å². The molecule has 1 aliphatic heterocycles. The molecule has 0 unspecified atom stereocenters. The van der Waals surface area contributed by atoms with Gasteiger partial charge in [0.2, 0.25) is 11.5 Å². The number of rotatable bonds is 10. The van der Waals surface area contributed by atoms with Gasteiger partial charge in [-0.25, -0.2) is 4.79 Å². The maximum atomic E-state index is 12.8. The molecule has 2 aromatic rings. The molecular formula is C24H25NO10. The summed E-state index contributed by atoms with van der Waals surface area (Å²) in [5.74, 6) is -0.793. The van der Waals surface area contributed by atoms with Gasteiger partial charge in [-0.3, -0.25) is 9.59 Å². The number of allylic oxidation sites excluding steroid dienone is 1. The zero-order valence-electron chi connectivity index (χ0n) is 19.5. The summed E-state index contributed by atoms with van der Waals surface area (Å²) in [6.45, 7) is 0.742. The van der Waals surface area contributed by atoms with Crippen molar-refractivity contribution >= 4 is 23.7 Å². The first-order chi connectivity index (χ1) is 16.7. The molecule has 0 radical (unpaired) electrons. The average molecular weight is 487 g/mol. The Morgan fingerprint density at radius 2 is 1.80 bits per heavy atom. The number of aliphatic hydroxyl groups is 1. The van der Waals surface area contributed by atoms with Gasteiger partial charge in [-0.2, -0.15) is 0 Å². The highest BCUT2D eigenvalue weighted by Gasteiger charge is 2.29. The molecule has 1 aliphatic rings. The fourth-order valence-electron chi connectivity index (χ4n) is 3.39. The number of carboxylic acid groups (broad SMARTS) is 1. The fourth-order valence-corrected chi connectivity index (χ4v) is 3.39. The van der Waals surface area contributed by atoms with Gasteiger partial charge >= 0.3 is 5.97 Å². The first-order valence-corrected chi connectivity index (χ1v) is 10.4. The standard InChI is InChI=1S/C24H25NO10/c1-12(26)20(24(29)30)25-19(27)11-34-14-6-7-15-17(10-14)35-18(21(15)28)9-13-5-8-16(31-2)23(33-4)22(13)32-3/h5-10,12,20,26H,11H2,1-4H3,(H,25,27)(H,29,30)/t12-,20-/m0/s1. The van der Waals surface area contributed by atoms with Crippen LogP contribution in [0, 0.1) is 0 Å². The van der Waals surface area contributed by atoms with Gasteiger partial charge in [0.25, 0.3) is 5.91 Å². The highest BCUT2D eigenvalue weighted by atomic mass is 16.5. The van der Waals surface area contributed by atoms with E-state index in [4.69, 9.17) is 28.8 Å². The minimum atomic E-state index is -1.46. The van der Waals surface area contributed by atoms with Crippen LogP contribution in [0.15, 0.2) is 36.1 Å². The SMILES string of the molecule is COc1ccc(C=C2Oc3cc(OCC(=O)N[C@H](C(=O)O)[C@H](C)O)ccc3C2=O)c(OC)c1OC. The van der Waals surface area contributed by atoms with Crippen LogP contribution in [0.5, 0.6) is 28.7 Å². The second kappa shape index (κ2) is 10.8. The second-order valence-electron chi connectivity index (χ2n) is 7.43. The molecule has 0 bridgehead atoms. The molecule has 3 N–H and O–H groups in total. The number of aliphatic hydroxyl groups excluding tert-OH is 1. The van der Waals surface area contributed by atoms with Crippen molar-refractivity contribution in [2.75, 3.05) is 27.9 Å². The summed E-state index contributed by atoms with van der Waals surface area (Å²) in [7, 11) is 4.43. The summed E-state index contributed by atoms with van der Waals surface area (Å²) in [5.41, 5.74) is 0.827. The predicted molar refractivity (Wildman–Crippen MR) is 122 cm³/mol. The van der Waals surface area contributed by atoms with Crippen molar-refractivity contribution in [3.05, 3.63) is 47.2 Å². The Balaban J connectivity index is 1.76. The molecule has 0 aromatic heterocycles. The Hall–Kier alpha value is -4.25. The summed E-state index contributed by atoms with van der Waals surface area (Å²) in [6.07, 6.45) is 0.226. The number of hydrogen-bond acceptors (Lipinski definition) is 9. The fraction of sp³-hybridized carbons (Fsp3) is 0.292. The van der Waals surface area contributed by atoms with Gasteiger partial charge in [-0.15, -0.1) is 0 Å². The molecule has 0 spiro atoms. The zero-order valence-corrected chi connectivity index (χ0v) is 19.5. The van der Waals surface area contributed by atoms with Crippen LogP contribution in [0.1, 0.15) is 22.8 Å². The van der Waals surface area contributed by atoms with Crippen LogP contribution < -0.4 is 29.0 Å². The number of methoxy groups -OCH3 is 3. The normalized spacial score (nSPS) is 15.0. The third-order valence-electron chi connectivity index (χ3n) is 5.10. The highest BCUT2D eigenvalue weighted by Crippen LogP contribution is 2.42. The van der Waals surface area contributed by atoms with E-state index in [1.54, 1.807) is 12.1 Å². The quantitative estimate of drug-likeness (QED) is 0.422. The molecular weight excluding hydrogens is 462 g/mol. The van der Waals surface area contributed by atoms with Crippen molar-refractivity contribution in [1.29, 1.82) is 0 Å². The maximum Gasteiger partial charge on any atom is 0.328 e. The summed E-state index contributed by atoms with van der Waals surface area (Å²) < 4.78 is 27.2. The topological polar surface area (TPSA) is 150 Å². The van der Waals surface area contributed by atoms with Gasteiger partial charge in [-0.1, -0.05) is 0 Å². The van der Waals surface area contributed by atoms with Gasteiger partial charge in [0.1, 0.15) is 11.5 Å². The van der Waals surface area contributed by atoms with Crippen LogP contribution in [-0.4, -0.2) is 68.0 Å². The van der Waals surface area contributed by atoms with Crippen molar-refractivity contribution in [3.63, 3.8) is 0 Å². The number of Topliss-reactive ketones (excluding diaryl/α,β-unsaturated/α-hetero) is 1. The molecule has 0 fully saturated rings. The van der Waals surface area contributed by atoms with Crippen molar-refractivity contribution in [2.24, 2.45) is 0 Å². The molecule has 0 aliphatic carbocycles. The number of aliphatic carboxylic acids is 1. The predicted octanol–water partition coefficient (Wildman–Crippen LogP) is 1.66. The number of hydrogen-bond donors (Lipinski definition) is 3. The Labute approximate surface area is 200 Å². The molecule has 3 rings (SSSR count). The Bertz CT molecular complexity index is 1170. The van der Waals surface area contributed by atoms with E-state index in [2.05, 4.69) is 5.32 Å². The Morgan fingerprint density at radius 1 is 1.09 bits per heavy atom. The number of nitrogens with one attached hydrogen (secondary N) is 1. The Morgan fingerprint density at radius 3 is 2.40 bits per heavy atom. The smallest absolute Gasteiger partial charge is 0.328 e. The van der Waals surface area contributed by atoms with Gasteiger partial charge in [0.05, 0.1) is 33.0 Å². The van der Waals surface area contributed by atoms with Gasteiger partial charge in [0, 0.05) is 11.6 Å². The number of benzene rings is 2. The number of carboxylic acids is 1. The molecule has 1 heterocycles. The van der Waals surface area contributed by atoms with Crippen LogP contribution in [-0.2, 0) is 9.59 Å². The van der Waals surface area contributed by atoms with E-state index in [9.17, 15) is 19.5 Å². The summed E-state index contributed by atoms with van der Waals surface area (Å²) in [6, 6.07) is 6.32. The number of carbonyl (C=O) groups is 3. The van der Waals surface area contributed by atoms with E-state index in [0.29, 0.717) is 28.4 Å². The van der Waals surface area contributed by atoms with Crippen molar-refractivity contribution in [2.45, 2.75) is 19.1 Å². The first kappa shape index (κ1) is 25.4. The third-order valence-corrected chi connectivity index (χ3v) is 5.10. The van der Waals surface area contributed by atoms with E-state index in [1.165, 1.54) is 52.5 Å². The Kier molecular flexibility index (Phi) is 7.82. The lowest BCUT2D eigenvalue weighted by Crippen LogP contribution is -2.49. The second-order valence-corrected chi connectivity index (χ2v) is 7.43. The lowest BCUT2D eigenvalue weighted by atomic mass is 10.1. The monoisotopic (exact) mass is 487 g/mol. The molecule has 2 aromatic carbocycles. The van der Waals surface area contributed by atoms with E-state index in [1.807, 2.05) is 0 Å². The number of ketones is 1. The molecule has 2 atom stereocenters. The number of fused-ring (bicyclic) bond motifs is 1. The average Bonchev–Trinajstić information content (AvgIpc) is 3.14. The molecule has 11 heteroatoms. The molecule has 35 heavy (non-hydrogen) atoms. The largest absolute Gasteiger partial charge is 0.493 e. The van der Waals surface area contributed by atoms with Crippen molar-refractivity contribution in [3.8, 4) is 28.7 Å². The van der Waals surface area contributed by atoms with Gasteiger partial charge < -0.3 is 39.2 Å². The van der Waals surface area contributed by atoms with Crippen molar-refractivity contribution in [1.82, 2.24) is 5.32 Å². The van der Waals surface area contributed by atoms with Crippen LogP contribution in [0.4, 0.5) is 0 Å². The van der Waals surface area contributed by atoms with E-state index >= 15 is 0 Å². The van der Waals surface area contributed by atoms with E-state index in [0.717, 1.165) is 0 Å². The first-order valence-electron chi connectivity index (χ1n) is 10.4. The minimum Gasteiger partial charge on any atom is -0.493 e. The lowest BCUT2D eigenvalue weighted by Gasteiger charge is -2.17. The number of carbonyl (C=O) groups excluding carboxylic acids is 2. The lowest BCUT2D eigenvalue weighted by molar-refractivity contribution is -0.145. The van der Waals surface area contributed by atoms with Crippen LogP contribution in [0.2, 0.25) is 0 Å². The number of ether oxygens (including phenoxy) is 5. The van der Waals surface area contributed by atoms with Crippen LogP contribution >= 0.6 is 0 Å². The van der Waals surface area contributed by atoms with Crippen molar-refractivity contribution < 1.29 is 48.3 Å². The molecule has 0 saturated carbocycles. The molecule has 186 valence electrons. The zero-order chi connectivity index (χ0) is 25.7. The molecule has 11 nitrogen and oxygen atoms in total. The van der Waals surface area contributed by atoms with E-state index < -0.39 is 30.6 Å². The summed E-state index contributed by atoms with van der Waals surface area (Å²) in [5, 5.41) is 20.7. The highest BCUT2D eigenvalue weighted by molar-refractivity contribution is 6.14. The number of amides is 1. The molecule has 1 amide bonds. The van der Waals surface area contributed by atoms with Gasteiger partial charge in [0.15, 0.2) is 29.9 Å². The van der Waals surface area contributed by atoms with E-state index in [-0.39, 0.29) is 23.0 Å². The van der Waals surface area contributed by atoms with Gasteiger partial charge in [-0.05, 0) is 37.3 Å². The maximum absolute atomic E-state index is 12.8. The molecule has 0 saturated heterocycles. The third kappa shape index (κ3) is 5.46.